The number of halogens is 2. The summed E-state index contributed by atoms with van der Waals surface area (Å²) in [7, 11) is -3.47. The SMILES string of the molecule is CS(=O)(=O)N(CCCO)C1CCC(C2=C(C(=O)O)C(c3ccc(F)cc3Cl)N=C(c3nccs3)N2)CC1. The lowest BCUT2D eigenvalue weighted by Gasteiger charge is -2.38. The number of nitrogens with one attached hydrogen (secondary N) is 1. The molecular formula is C24H28ClFN4O5S2. The number of hydrogen-bond acceptors (Lipinski definition) is 8. The van der Waals surface area contributed by atoms with Gasteiger partial charge < -0.3 is 15.5 Å². The van der Waals surface area contributed by atoms with Crippen molar-refractivity contribution in [1.82, 2.24) is 14.6 Å². The number of sulfonamides is 1. The Morgan fingerprint density at radius 2 is 2.03 bits per heavy atom. The van der Waals surface area contributed by atoms with Gasteiger partial charge in [-0.05, 0) is 50.2 Å². The summed E-state index contributed by atoms with van der Waals surface area (Å²) in [6.07, 6.45) is 5.29. The number of amidine groups is 1. The van der Waals surface area contributed by atoms with Crippen LogP contribution in [0.25, 0.3) is 0 Å². The smallest absolute Gasteiger partial charge is 0.335 e. The van der Waals surface area contributed by atoms with Crippen LogP contribution in [-0.4, -0.2) is 65.2 Å². The molecular weight excluding hydrogens is 543 g/mol. The zero-order valence-corrected chi connectivity index (χ0v) is 22.5. The van der Waals surface area contributed by atoms with E-state index in [0.717, 1.165) is 12.3 Å². The molecule has 0 saturated heterocycles. The molecule has 1 saturated carbocycles. The summed E-state index contributed by atoms with van der Waals surface area (Å²) in [5.41, 5.74) is 0.879. The number of benzene rings is 1. The molecule has 2 aliphatic rings. The third kappa shape index (κ3) is 6.20. The van der Waals surface area contributed by atoms with E-state index in [0.29, 0.717) is 54.2 Å². The van der Waals surface area contributed by atoms with Gasteiger partial charge in [-0.25, -0.2) is 22.6 Å². The number of thiazole rings is 1. The van der Waals surface area contributed by atoms with Crippen LogP contribution >= 0.6 is 22.9 Å². The number of carboxylic acid groups (broad SMARTS) is 1. The predicted octanol–water partition coefficient (Wildman–Crippen LogP) is 3.57. The minimum absolute atomic E-state index is 0.0255. The van der Waals surface area contributed by atoms with Gasteiger partial charge in [0.1, 0.15) is 11.9 Å². The molecule has 9 nitrogen and oxygen atoms in total. The van der Waals surface area contributed by atoms with Crippen LogP contribution in [0.1, 0.15) is 48.7 Å². The first-order chi connectivity index (χ1) is 17.6. The van der Waals surface area contributed by atoms with E-state index in [1.165, 1.54) is 27.8 Å². The number of nitrogens with zero attached hydrogens (tertiary/aromatic N) is 3. The van der Waals surface area contributed by atoms with Crippen molar-refractivity contribution in [3.63, 3.8) is 0 Å². The van der Waals surface area contributed by atoms with Gasteiger partial charge in [0.15, 0.2) is 10.8 Å². The molecule has 2 heterocycles. The van der Waals surface area contributed by atoms with E-state index >= 15 is 0 Å². The lowest BCUT2D eigenvalue weighted by molar-refractivity contribution is -0.133. The van der Waals surface area contributed by atoms with Gasteiger partial charge in [0.05, 0.1) is 11.8 Å². The van der Waals surface area contributed by atoms with Crippen LogP contribution in [0.15, 0.2) is 46.0 Å². The number of carboxylic acids is 1. The number of aliphatic carboxylic acids is 1. The van der Waals surface area contributed by atoms with Gasteiger partial charge >= 0.3 is 5.97 Å². The highest BCUT2D eigenvalue weighted by Crippen LogP contribution is 2.41. The lowest BCUT2D eigenvalue weighted by atomic mass is 9.80. The number of aliphatic hydroxyl groups excluding tert-OH is 1. The van der Waals surface area contributed by atoms with E-state index in [-0.39, 0.29) is 35.7 Å². The molecule has 13 heteroatoms. The summed E-state index contributed by atoms with van der Waals surface area (Å²) in [6.45, 7) is 0.129. The fraction of sp³-hybridized carbons (Fsp3) is 0.458. The van der Waals surface area contributed by atoms with Gasteiger partial charge in [0.2, 0.25) is 10.0 Å². The molecule has 1 atom stereocenters. The van der Waals surface area contributed by atoms with Gasteiger partial charge in [-0.1, -0.05) is 17.7 Å². The maximum Gasteiger partial charge on any atom is 0.335 e. The van der Waals surface area contributed by atoms with Crippen LogP contribution in [0, 0.1) is 11.7 Å². The average Bonchev–Trinajstić information content (AvgIpc) is 3.38. The number of aliphatic imine (C=N–C) groups is 1. The summed E-state index contributed by atoms with van der Waals surface area (Å²) in [5, 5.41) is 25.1. The first kappa shape index (κ1) is 27.6. The predicted molar refractivity (Wildman–Crippen MR) is 140 cm³/mol. The largest absolute Gasteiger partial charge is 0.478 e. The molecule has 1 unspecified atom stereocenters. The number of carbonyl (C=O) groups is 1. The molecule has 0 amide bonds. The van der Waals surface area contributed by atoms with Crippen molar-refractivity contribution >= 4 is 44.8 Å². The summed E-state index contributed by atoms with van der Waals surface area (Å²) >= 11 is 7.68. The highest BCUT2D eigenvalue weighted by atomic mass is 35.5. The van der Waals surface area contributed by atoms with Gasteiger partial charge in [0.25, 0.3) is 0 Å². The van der Waals surface area contributed by atoms with Crippen molar-refractivity contribution in [2.24, 2.45) is 10.9 Å². The topological polar surface area (TPSA) is 132 Å². The van der Waals surface area contributed by atoms with Crippen LogP contribution in [0.2, 0.25) is 5.02 Å². The molecule has 1 fully saturated rings. The molecule has 1 aliphatic carbocycles. The van der Waals surface area contributed by atoms with E-state index in [1.54, 1.807) is 11.6 Å². The van der Waals surface area contributed by atoms with Crippen LogP contribution < -0.4 is 5.32 Å². The number of rotatable bonds is 9. The Kier molecular flexibility index (Phi) is 8.64. The quantitative estimate of drug-likeness (QED) is 0.420. The molecule has 4 rings (SSSR count). The van der Waals surface area contributed by atoms with E-state index in [4.69, 9.17) is 11.6 Å². The fourth-order valence-corrected chi connectivity index (χ4v) is 7.09. The molecule has 1 aromatic carbocycles. The molecule has 0 bridgehead atoms. The molecule has 37 heavy (non-hydrogen) atoms. The Bertz CT molecular complexity index is 1310. The zero-order valence-electron chi connectivity index (χ0n) is 20.1. The van der Waals surface area contributed by atoms with Crippen LogP contribution in [0.5, 0.6) is 0 Å². The monoisotopic (exact) mass is 570 g/mol. The second-order valence-electron chi connectivity index (χ2n) is 9.10. The maximum absolute atomic E-state index is 13.8. The Morgan fingerprint density at radius 3 is 2.59 bits per heavy atom. The molecule has 2 aromatic rings. The van der Waals surface area contributed by atoms with Crippen molar-refractivity contribution in [1.29, 1.82) is 0 Å². The van der Waals surface area contributed by atoms with Crippen LogP contribution in [-0.2, 0) is 14.8 Å². The summed E-state index contributed by atoms with van der Waals surface area (Å²) in [4.78, 5) is 21.5. The van der Waals surface area contributed by atoms with E-state index in [1.807, 2.05) is 0 Å². The van der Waals surface area contributed by atoms with Crippen molar-refractivity contribution in [3.05, 3.63) is 62.5 Å². The van der Waals surface area contributed by atoms with Crippen molar-refractivity contribution in [2.75, 3.05) is 19.4 Å². The molecule has 200 valence electrons. The van der Waals surface area contributed by atoms with Crippen LogP contribution in [0.4, 0.5) is 4.39 Å². The van der Waals surface area contributed by atoms with Gasteiger partial charge in [-0.2, -0.15) is 4.31 Å². The normalized spacial score (nSPS) is 22.6. The van der Waals surface area contributed by atoms with Gasteiger partial charge in [-0.3, -0.25) is 4.99 Å². The second-order valence-corrected chi connectivity index (χ2v) is 12.3. The van der Waals surface area contributed by atoms with Crippen molar-refractivity contribution in [2.45, 2.75) is 44.2 Å². The Balaban J connectivity index is 1.69. The first-order valence-corrected chi connectivity index (χ1v) is 15.0. The minimum Gasteiger partial charge on any atom is -0.478 e. The Hall–Kier alpha value is -2.38. The second kappa shape index (κ2) is 11.6. The first-order valence-electron chi connectivity index (χ1n) is 11.8. The zero-order chi connectivity index (χ0) is 26.7. The third-order valence-electron chi connectivity index (χ3n) is 6.67. The summed E-state index contributed by atoms with van der Waals surface area (Å²) in [5.74, 6) is -1.50. The molecule has 1 aliphatic heterocycles. The Labute approximate surface area is 223 Å². The number of hydrogen-bond donors (Lipinski definition) is 3. The Morgan fingerprint density at radius 1 is 1.30 bits per heavy atom. The third-order valence-corrected chi connectivity index (χ3v) is 9.11. The minimum atomic E-state index is -3.47. The fourth-order valence-electron chi connectivity index (χ4n) is 5.02. The maximum atomic E-state index is 13.8. The number of allylic oxidation sites excluding steroid dienone is 1. The average molecular weight is 571 g/mol. The van der Waals surface area contributed by atoms with E-state index in [2.05, 4.69) is 15.3 Å². The van der Waals surface area contributed by atoms with Crippen molar-refractivity contribution < 1.29 is 27.8 Å². The number of aromatic nitrogens is 1. The molecule has 1 aromatic heterocycles. The highest BCUT2D eigenvalue weighted by Gasteiger charge is 2.38. The van der Waals surface area contributed by atoms with E-state index in [9.17, 15) is 27.8 Å². The highest BCUT2D eigenvalue weighted by molar-refractivity contribution is 7.88. The van der Waals surface area contributed by atoms with Gasteiger partial charge in [-0.15, -0.1) is 11.3 Å². The van der Waals surface area contributed by atoms with Crippen LogP contribution in [0.3, 0.4) is 0 Å². The van der Waals surface area contributed by atoms with Crippen molar-refractivity contribution in [3.8, 4) is 0 Å². The van der Waals surface area contributed by atoms with Gasteiger partial charge in [0, 0.05) is 47.1 Å². The standard InChI is InChI=1S/C24H28ClFN4O5S2/c1-37(34,35)30(10-2-11-31)16-6-3-14(4-7-16)20-19(24(32)33)21(17-8-5-15(26)13-18(17)25)29-22(28-20)23-27-9-12-36-23/h5,8-9,12-14,16,21,31H,2-4,6-7,10-11H2,1H3,(H,28,29)(H,32,33). The molecule has 0 radical (unpaired) electrons. The lowest BCUT2D eigenvalue weighted by Crippen LogP contribution is -2.44. The summed E-state index contributed by atoms with van der Waals surface area (Å²) in [6, 6.07) is 2.59. The molecule has 3 N–H and O–H groups in total. The molecule has 0 spiro atoms. The number of aliphatic hydroxyl groups is 1. The summed E-state index contributed by atoms with van der Waals surface area (Å²) < 4.78 is 40.0. The van der Waals surface area contributed by atoms with E-state index < -0.39 is 27.9 Å².